The maximum Gasteiger partial charge on any atom is 0.324 e. The molecule has 3 nitrogen and oxygen atoms in total. The second-order valence-electron chi connectivity index (χ2n) is 5.78. The van der Waals surface area contributed by atoms with Gasteiger partial charge in [-0.3, -0.25) is 0 Å². The zero-order valence-electron chi connectivity index (χ0n) is 13.1. The van der Waals surface area contributed by atoms with E-state index in [1.807, 2.05) is 20.7 Å². The average molecular weight is 294 g/mol. The SMILES string of the molecule is CB(OC(C)C)c1ccc(F)cc1COC1CCCCO1. The van der Waals surface area contributed by atoms with Crippen LogP contribution in [0.4, 0.5) is 4.39 Å². The van der Waals surface area contributed by atoms with E-state index >= 15 is 0 Å². The van der Waals surface area contributed by atoms with Gasteiger partial charge in [-0.25, -0.2) is 4.39 Å². The van der Waals surface area contributed by atoms with Crippen molar-refractivity contribution in [2.45, 2.75) is 58.9 Å². The number of ether oxygens (including phenoxy) is 2. The van der Waals surface area contributed by atoms with E-state index in [4.69, 9.17) is 14.1 Å². The fraction of sp³-hybridized carbons (Fsp3) is 0.625. The van der Waals surface area contributed by atoms with Gasteiger partial charge in [0.05, 0.1) is 6.61 Å². The van der Waals surface area contributed by atoms with E-state index in [1.54, 1.807) is 6.07 Å². The Hall–Kier alpha value is -0.905. The lowest BCUT2D eigenvalue weighted by molar-refractivity contribution is -0.168. The Bertz CT molecular complexity index is 447. The highest BCUT2D eigenvalue weighted by Gasteiger charge is 2.20. The number of halogens is 1. The highest BCUT2D eigenvalue weighted by Crippen LogP contribution is 2.16. The Morgan fingerprint density at radius 1 is 1.38 bits per heavy atom. The molecule has 2 rings (SSSR count). The molecule has 0 saturated carbocycles. The first-order chi connectivity index (χ1) is 10.1. The van der Waals surface area contributed by atoms with Gasteiger partial charge in [-0.05, 0) is 56.3 Å². The van der Waals surface area contributed by atoms with Gasteiger partial charge in [0, 0.05) is 12.7 Å². The third-order valence-electron chi connectivity index (χ3n) is 3.58. The molecule has 1 aromatic carbocycles. The molecule has 1 saturated heterocycles. The molecule has 1 fully saturated rings. The molecule has 0 N–H and O–H groups in total. The molecule has 1 unspecified atom stereocenters. The Morgan fingerprint density at radius 2 is 2.19 bits per heavy atom. The molecule has 0 aromatic heterocycles. The molecule has 0 spiro atoms. The van der Waals surface area contributed by atoms with Crippen LogP contribution < -0.4 is 5.46 Å². The molecule has 0 radical (unpaired) electrons. The highest BCUT2D eigenvalue weighted by atomic mass is 19.1. The van der Waals surface area contributed by atoms with Gasteiger partial charge in [-0.2, -0.15) is 0 Å². The maximum absolute atomic E-state index is 13.5. The van der Waals surface area contributed by atoms with Crippen LogP contribution in [0.25, 0.3) is 0 Å². The van der Waals surface area contributed by atoms with Crippen molar-refractivity contribution in [2.24, 2.45) is 0 Å². The minimum Gasteiger partial charge on any atom is -0.429 e. The van der Waals surface area contributed by atoms with E-state index in [0.717, 1.165) is 36.9 Å². The highest BCUT2D eigenvalue weighted by molar-refractivity contribution is 6.66. The average Bonchev–Trinajstić information content (AvgIpc) is 2.45. The van der Waals surface area contributed by atoms with Crippen LogP contribution in [-0.2, 0) is 20.7 Å². The predicted octanol–water partition coefficient (Wildman–Crippen LogP) is 3.12. The van der Waals surface area contributed by atoms with Crippen LogP contribution in [-0.4, -0.2) is 25.9 Å². The first-order valence-corrected chi connectivity index (χ1v) is 7.73. The van der Waals surface area contributed by atoms with E-state index < -0.39 is 0 Å². The van der Waals surface area contributed by atoms with Gasteiger partial charge in [-0.15, -0.1) is 0 Å². The van der Waals surface area contributed by atoms with Crippen molar-refractivity contribution in [3.05, 3.63) is 29.6 Å². The summed E-state index contributed by atoms with van der Waals surface area (Å²) in [5, 5.41) is 0. The summed E-state index contributed by atoms with van der Waals surface area (Å²) >= 11 is 0. The molecule has 0 aliphatic carbocycles. The molecular weight excluding hydrogens is 270 g/mol. The van der Waals surface area contributed by atoms with Crippen molar-refractivity contribution in [3.8, 4) is 0 Å². The quantitative estimate of drug-likeness (QED) is 0.754. The molecule has 0 bridgehead atoms. The zero-order valence-corrected chi connectivity index (χ0v) is 13.1. The fourth-order valence-corrected chi connectivity index (χ4v) is 2.60. The van der Waals surface area contributed by atoms with Crippen molar-refractivity contribution in [1.29, 1.82) is 0 Å². The summed E-state index contributed by atoms with van der Waals surface area (Å²) in [6.07, 6.45) is 3.07. The lowest BCUT2D eigenvalue weighted by Gasteiger charge is -2.24. The second-order valence-corrected chi connectivity index (χ2v) is 5.78. The van der Waals surface area contributed by atoms with E-state index in [1.165, 1.54) is 12.1 Å². The minimum atomic E-state index is -0.251. The first kappa shape index (κ1) is 16.5. The molecule has 1 heterocycles. The Kier molecular flexibility index (Phi) is 6.21. The number of benzene rings is 1. The van der Waals surface area contributed by atoms with Crippen molar-refractivity contribution in [3.63, 3.8) is 0 Å². The maximum atomic E-state index is 13.5. The Labute approximate surface area is 126 Å². The summed E-state index contributed by atoms with van der Waals surface area (Å²) in [6.45, 7) is 6.97. The molecule has 1 atom stereocenters. The minimum absolute atomic E-state index is 0.0866. The molecule has 21 heavy (non-hydrogen) atoms. The molecule has 0 amide bonds. The Morgan fingerprint density at radius 3 is 2.86 bits per heavy atom. The number of hydrogen-bond donors (Lipinski definition) is 0. The van der Waals surface area contributed by atoms with Gasteiger partial charge in [0.15, 0.2) is 6.29 Å². The van der Waals surface area contributed by atoms with Crippen LogP contribution in [0.5, 0.6) is 0 Å². The third-order valence-corrected chi connectivity index (χ3v) is 3.58. The molecule has 5 heteroatoms. The van der Waals surface area contributed by atoms with Crippen molar-refractivity contribution >= 4 is 12.4 Å². The third kappa shape index (κ3) is 5.09. The topological polar surface area (TPSA) is 27.7 Å². The van der Waals surface area contributed by atoms with Crippen LogP contribution in [0, 0.1) is 5.82 Å². The Balaban J connectivity index is 2.03. The normalized spacial score (nSPS) is 19.0. The van der Waals surface area contributed by atoms with Crippen molar-refractivity contribution in [2.75, 3.05) is 6.61 Å². The van der Waals surface area contributed by atoms with Crippen LogP contribution in [0.2, 0.25) is 6.82 Å². The van der Waals surface area contributed by atoms with E-state index in [0.29, 0.717) is 6.61 Å². The molecule has 1 aromatic rings. The van der Waals surface area contributed by atoms with Crippen LogP contribution in [0.15, 0.2) is 18.2 Å². The van der Waals surface area contributed by atoms with Gasteiger partial charge in [0.25, 0.3) is 0 Å². The molecule has 1 aliphatic rings. The molecule has 1 aliphatic heterocycles. The van der Waals surface area contributed by atoms with Crippen molar-refractivity contribution < 1.29 is 18.5 Å². The monoisotopic (exact) mass is 294 g/mol. The van der Waals surface area contributed by atoms with Crippen LogP contribution in [0.1, 0.15) is 38.7 Å². The number of hydrogen-bond acceptors (Lipinski definition) is 3. The predicted molar refractivity (Wildman–Crippen MR) is 82.3 cm³/mol. The zero-order chi connectivity index (χ0) is 15.2. The van der Waals surface area contributed by atoms with Crippen LogP contribution in [0.3, 0.4) is 0 Å². The lowest BCUT2D eigenvalue weighted by atomic mass is 9.61. The van der Waals surface area contributed by atoms with Gasteiger partial charge >= 0.3 is 6.92 Å². The van der Waals surface area contributed by atoms with Gasteiger partial charge in [0.1, 0.15) is 5.82 Å². The number of rotatable bonds is 6. The molecular formula is C16H24BFO3. The van der Waals surface area contributed by atoms with Gasteiger partial charge in [-0.1, -0.05) is 12.9 Å². The fourth-order valence-electron chi connectivity index (χ4n) is 2.60. The summed E-state index contributed by atoms with van der Waals surface area (Å²) in [7, 11) is 0. The lowest BCUT2D eigenvalue weighted by Crippen LogP contribution is -2.36. The molecule has 116 valence electrons. The van der Waals surface area contributed by atoms with Crippen molar-refractivity contribution in [1.82, 2.24) is 0 Å². The van der Waals surface area contributed by atoms with E-state index in [9.17, 15) is 4.39 Å². The van der Waals surface area contributed by atoms with Gasteiger partial charge < -0.3 is 14.1 Å². The van der Waals surface area contributed by atoms with E-state index in [-0.39, 0.29) is 25.1 Å². The summed E-state index contributed by atoms with van der Waals surface area (Å²) < 4.78 is 30.6. The van der Waals surface area contributed by atoms with E-state index in [2.05, 4.69) is 0 Å². The summed E-state index contributed by atoms with van der Waals surface area (Å²) in [6, 6.07) is 4.78. The standard InChI is InChI=1S/C16H24BFO3/c1-12(2)21-17(3)15-8-7-14(18)10-13(15)11-20-16-6-4-5-9-19-16/h7-8,10,12,16H,4-6,9,11H2,1-3H3. The summed E-state index contributed by atoms with van der Waals surface area (Å²) in [5.41, 5.74) is 1.80. The largest absolute Gasteiger partial charge is 0.429 e. The smallest absolute Gasteiger partial charge is 0.324 e. The second kappa shape index (κ2) is 7.92. The summed E-state index contributed by atoms with van der Waals surface area (Å²) in [4.78, 5) is 0. The first-order valence-electron chi connectivity index (χ1n) is 7.73. The summed E-state index contributed by atoms with van der Waals surface area (Å²) in [5.74, 6) is -0.251. The van der Waals surface area contributed by atoms with Gasteiger partial charge in [0.2, 0.25) is 0 Å². The van der Waals surface area contributed by atoms with Crippen LogP contribution >= 0.6 is 0 Å².